The number of phenols is 1. The molecule has 0 saturated heterocycles. The fourth-order valence-electron chi connectivity index (χ4n) is 3.86. The zero-order valence-corrected chi connectivity index (χ0v) is 20.4. The van der Waals surface area contributed by atoms with Crippen molar-refractivity contribution in [1.82, 2.24) is 14.5 Å². The number of benzene rings is 3. The summed E-state index contributed by atoms with van der Waals surface area (Å²) in [6.07, 6.45) is 0. The number of amides is 1. The van der Waals surface area contributed by atoms with Gasteiger partial charge >= 0.3 is 0 Å². The van der Waals surface area contributed by atoms with Crippen molar-refractivity contribution in [3.8, 4) is 17.0 Å². The topological polar surface area (TPSA) is 115 Å². The van der Waals surface area contributed by atoms with Gasteiger partial charge in [0.25, 0.3) is 5.91 Å². The Kier molecular flexibility index (Phi) is 6.72. The van der Waals surface area contributed by atoms with Gasteiger partial charge in [-0.25, -0.2) is 8.42 Å². The molecule has 3 N–H and O–H groups in total. The number of aromatic nitrogens is 2. The number of aryl methyl sites for hydroxylation is 2. The number of anilines is 1. The van der Waals surface area contributed by atoms with Crippen LogP contribution in [0.5, 0.6) is 5.75 Å². The molecule has 1 aromatic heterocycles. The Hall–Kier alpha value is -3.95. The van der Waals surface area contributed by atoms with Crippen molar-refractivity contribution in [1.29, 1.82) is 0 Å². The molecule has 35 heavy (non-hydrogen) atoms. The standard InChI is InChI=1S/C26H26N4O4S/c1-17-13-18(2)25(24(31)14-17)22-15-23(29-28-22)26(32)27-20-9-11-21(12-10-20)35(33,34)30(3)16-19-7-5-4-6-8-19/h4-15,31H,16H2,1-3H3,(H,27,32)(H,28,29). The minimum atomic E-state index is -3.69. The summed E-state index contributed by atoms with van der Waals surface area (Å²) < 4.78 is 27.1. The van der Waals surface area contributed by atoms with Crippen molar-refractivity contribution in [2.45, 2.75) is 25.3 Å². The Morgan fingerprint density at radius 1 is 1.03 bits per heavy atom. The number of hydrogen-bond donors (Lipinski definition) is 3. The van der Waals surface area contributed by atoms with E-state index in [0.717, 1.165) is 16.7 Å². The van der Waals surface area contributed by atoms with Crippen molar-refractivity contribution in [3.05, 3.63) is 95.2 Å². The van der Waals surface area contributed by atoms with E-state index in [2.05, 4.69) is 15.5 Å². The molecule has 0 spiro atoms. The second kappa shape index (κ2) is 9.73. The molecule has 0 aliphatic heterocycles. The number of rotatable bonds is 7. The van der Waals surface area contributed by atoms with E-state index in [-0.39, 0.29) is 22.9 Å². The fraction of sp³-hybridized carbons (Fsp3) is 0.154. The average Bonchev–Trinajstić information content (AvgIpc) is 3.29. The Morgan fingerprint density at radius 3 is 2.37 bits per heavy atom. The van der Waals surface area contributed by atoms with Crippen LogP contribution in [0.4, 0.5) is 5.69 Å². The van der Waals surface area contributed by atoms with E-state index < -0.39 is 15.9 Å². The summed E-state index contributed by atoms with van der Waals surface area (Å²) >= 11 is 0. The van der Waals surface area contributed by atoms with Gasteiger partial charge in [0, 0.05) is 24.8 Å². The number of hydrogen-bond acceptors (Lipinski definition) is 5. The third-order valence-electron chi connectivity index (χ3n) is 5.61. The average molecular weight is 491 g/mol. The van der Waals surface area contributed by atoms with Crippen molar-refractivity contribution in [2.75, 3.05) is 12.4 Å². The Balaban J connectivity index is 1.46. The summed E-state index contributed by atoms with van der Waals surface area (Å²) in [5.41, 5.74) is 4.30. The third kappa shape index (κ3) is 5.26. The van der Waals surface area contributed by atoms with Crippen LogP contribution in [0.2, 0.25) is 0 Å². The lowest BCUT2D eigenvalue weighted by atomic mass is 10.0. The number of nitrogens with one attached hydrogen (secondary N) is 2. The summed E-state index contributed by atoms with van der Waals surface area (Å²) in [6, 6.07) is 20.5. The number of carbonyl (C=O) groups is 1. The van der Waals surface area contributed by atoms with Crippen LogP contribution < -0.4 is 5.32 Å². The van der Waals surface area contributed by atoms with Gasteiger partial charge in [-0.05, 0) is 66.9 Å². The fourth-order valence-corrected chi connectivity index (χ4v) is 5.02. The minimum absolute atomic E-state index is 0.0926. The zero-order valence-electron chi connectivity index (χ0n) is 19.6. The Morgan fingerprint density at radius 2 is 1.71 bits per heavy atom. The normalized spacial score (nSPS) is 11.5. The van der Waals surface area contributed by atoms with Crippen LogP contribution in [0, 0.1) is 13.8 Å². The van der Waals surface area contributed by atoms with Gasteiger partial charge in [-0.3, -0.25) is 9.89 Å². The van der Waals surface area contributed by atoms with Gasteiger partial charge in [0.05, 0.1) is 10.6 Å². The van der Waals surface area contributed by atoms with Crippen molar-refractivity contribution >= 4 is 21.6 Å². The van der Waals surface area contributed by atoms with E-state index in [1.807, 2.05) is 50.2 Å². The first-order chi connectivity index (χ1) is 16.6. The second-order valence-corrected chi connectivity index (χ2v) is 10.4. The van der Waals surface area contributed by atoms with E-state index in [9.17, 15) is 18.3 Å². The van der Waals surface area contributed by atoms with Crippen LogP contribution in [0.15, 0.2) is 77.7 Å². The van der Waals surface area contributed by atoms with Gasteiger partial charge in [0.1, 0.15) is 11.4 Å². The predicted molar refractivity (Wildman–Crippen MR) is 135 cm³/mol. The maximum absolute atomic E-state index is 12.9. The molecule has 8 nitrogen and oxygen atoms in total. The molecular formula is C26H26N4O4S. The van der Waals surface area contributed by atoms with E-state index in [0.29, 0.717) is 16.9 Å². The lowest BCUT2D eigenvalue weighted by Gasteiger charge is -2.17. The maximum Gasteiger partial charge on any atom is 0.273 e. The summed E-state index contributed by atoms with van der Waals surface area (Å²) in [5, 5.41) is 19.9. The molecule has 9 heteroatoms. The van der Waals surface area contributed by atoms with Crippen molar-refractivity contribution in [3.63, 3.8) is 0 Å². The van der Waals surface area contributed by atoms with E-state index >= 15 is 0 Å². The smallest absolute Gasteiger partial charge is 0.273 e. The van der Waals surface area contributed by atoms with Crippen molar-refractivity contribution in [2.24, 2.45) is 0 Å². The molecule has 1 amide bonds. The highest BCUT2D eigenvalue weighted by atomic mass is 32.2. The van der Waals surface area contributed by atoms with Gasteiger partial charge in [-0.2, -0.15) is 9.40 Å². The summed E-state index contributed by atoms with van der Waals surface area (Å²) in [6.45, 7) is 4.00. The van der Waals surface area contributed by atoms with Crippen LogP contribution in [-0.4, -0.2) is 41.0 Å². The van der Waals surface area contributed by atoms with Crippen LogP contribution in [0.1, 0.15) is 27.2 Å². The first-order valence-electron chi connectivity index (χ1n) is 10.9. The molecule has 180 valence electrons. The van der Waals surface area contributed by atoms with E-state index in [1.54, 1.807) is 12.1 Å². The van der Waals surface area contributed by atoms with E-state index in [4.69, 9.17) is 0 Å². The summed E-state index contributed by atoms with van der Waals surface area (Å²) in [7, 11) is -2.16. The number of phenolic OH excluding ortho intramolecular Hbond substituents is 1. The molecule has 3 aromatic carbocycles. The molecule has 0 fully saturated rings. The molecular weight excluding hydrogens is 464 g/mol. The van der Waals surface area contributed by atoms with Crippen molar-refractivity contribution < 1.29 is 18.3 Å². The predicted octanol–water partition coefficient (Wildman–Crippen LogP) is 4.47. The summed E-state index contributed by atoms with van der Waals surface area (Å²) in [4.78, 5) is 12.8. The van der Waals surface area contributed by atoms with E-state index in [1.165, 1.54) is 35.6 Å². The van der Waals surface area contributed by atoms with Crippen LogP contribution in [-0.2, 0) is 16.6 Å². The quantitative estimate of drug-likeness (QED) is 0.353. The highest BCUT2D eigenvalue weighted by Crippen LogP contribution is 2.32. The zero-order chi connectivity index (χ0) is 25.2. The lowest BCUT2D eigenvalue weighted by molar-refractivity contribution is 0.102. The molecule has 4 rings (SSSR count). The molecule has 0 radical (unpaired) electrons. The van der Waals surface area contributed by atoms with Gasteiger partial charge in [0.2, 0.25) is 10.0 Å². The van der Waals surface area contributed by atoms with Gasteiger partial charge in [0.15, 0.2) is 0 Å². The largest absolute Gasteiger partial charge is 0.507 e. The molecule has 1 heterocycles. The van der Waals surface area contributed by atoms with Crippen LogP contribution >= 0.6 is 0 Å². The Bertz CT molecular complexity index is 1440. The lowest BCUT2D eigenvalue weighted by Crippen LogP contribution is -2.26. The molecule has 0 saturated carbocycles. The monoisotopic (exact) mass is 490 g/mol. The van der Waals surface area contributed by atoms with Gasteiger partial charge in [-0.15, -0.1) is 0 Å². The Labute approximate surface area is 204 Å². The molecule has 0 aliphatic carbocycles. The first kappa shape index (κ1) is 24.2. The number of aromatic hydroxyl groups is 1. The number of nitrogens with zero attached hydrogens (tertiary/aromatic N) is 2. The highest BCUT2D eigenvalue weighted by molar-refractivity contribution is 7.89. The van der Waals surface area contributed by atoms with Gasteiger partial charge < -0.3 is 10.4 Å². The molecule has 0 atom stereocenters. The molecule has 0 unspecified atom stereocenters. The van der Waals surface area contributed by atoms with Crippen LogP contribution in [0.25, 0.3) is 11.3 Å². The number of carbonyl (C=O) groups excluding carboxylic acids is 1. The van der Waals surface area contributed by atoms with Crippen LogP contribution in [0.3, 0.4) is 0 Å². The number of aromatic amines is 1. The second-order valence-electron chi connectivity index (χ2n) is 8.37. The maximum atomic E-state index is 12.9. The molecule has 0 aliphatic rings. The minimum Gasteiger partial charge on any atom is -0.507 e. The SMILES string of the molecule is Cc1cc(C)c(-c2cc(C(=O)Nc3ccc(S(=O)(=O)N(C)Cc4ccccc4)cc3)[nH]n2)c(O)c1. The molecule has 0 bridgehead atoms. The number of sulfonamides is 1. The highest BCUT2D eigenvalue weighted by Gasteiger charge is 2.21. The van der Waals surface area contributed by atoms with Gasteiger partial charge in [-0.1, -0.05) is 36.4 Å². The number of H-pyrrole nitrogens is 1. The summed E-state index contributed by atoms with van der Waals surface area (Å²) in [5.74, 6) is -0.347. The molecule has 4 aromatic rings. The first-order valence-corrected chi connectivity index (χ1v) is 12.4. The third-order valence-corrected chi connectivity index (χ3v) is 7.42.